The summed E-state index contributed by atoms with van der Waals surface area (Å²) >= 11 is 0. The minimum Gasteiger partial charge on any atom is -0.494 e. The van der Waals surface area contributed by atoms with Crippen LogP contribution in [0.15, 0.2) is 54.6 Å². The van der Waals surface area contributed by atoms with Crippen LogP contribution in [0.25, 0.3) is 0 Å². The summed E-state index contributed by atoms with van der Waals surface area (Å²) in [6.07, 6.45) is 1.40. The topological polar surface area (TPSA) is 49.8 Å². The Kier molecular flexibility index (Phi) is 5.71. The van der Waals surface area contributed by atoms with Gasteiger partial charge in [0.25, 0.3) is 0 Å². The third kappa shape index (κ3) is 4.20. The van der Waals surface area contributed by atoms with Crippen molar-refractivity contribution in [1.29, 1.82) is 0 Å². The molecule has 132 valence electrons. The Labute approximate surface area is 149 Å². The number of aliphatic carboxylic acids is 1. The summed E-state index contributed by atoms with van der Waals surface area (Å²) in [5.74, 6) is -0.0157. The minimum atomic E-state index is -0.672. The van der Waals surface area contributed by atoms with Crippen LogP contribution < -0.4 is 4.74 Å². The molecule has 0 bridgehead atoms. The van der Waals surface area contributed by atoms with E-state index in [1.165, 1.54) is 11.1 Å². The SMILES string of the molecule is CCOc1cccc(C(c2ccccc2)N2CCC(C(=O)O)CC2)c1. The molecule has 0 spiro atoms. The van der Waals surface area contributed by atoms with E-state index in [9.17, 15) is 9.90 Å². The van der Waals surface area contributed by atoms with Crippen LogP contribution in [0.2, 0.25) is 0 Å². The van der Waals surface area contributed by atoms with E-state index in [0.717, 1.165) is 18.8 Å². The number of carboxylic acid groups (broad SMARTS) is 1. The first-order valence-electron chi connectivity index (χ1n) is 8.93. The number of benzene rings is 2. The molecule has 2 aromatic rings. The average Bonchev–Trinajstić information content (AvgIpc) is 2.64. The lowest BCUT2D eigenvalue weighted by molar-refractivity contribution is -0.143. The van der Waals surface area contributed by atoms with Gasteiger partial charge >= 0.3 is 5.97 Å². The maximum atomic E-state index is 11.3. The highest BCUT2D eigenvalue weighted by atomic mass is 16.5. The largest absolute Gasteiger partial charge is 0.494 e. The molecule has 0 radical (unpaired) electrons. The van der Waals surface area contributed by atoms with Gasteiger partial charge in [0.05, 0.1) is 18.6 Å². The molecule has 1 saturated heterocycles. The van der Waals surface area contributed by atoms with Crippen LogP contribution >= 0.6 is 0 Å². The molecule has 0 saturated carbocycles. The van der Waals surface area contributed by atoms with Crippen molar-refractivity contribution in [2.24, 2.45) is 5.92 Å². The fourth-order valence-electron chi connectivity index (χ4n) is 3.60. The van der Waals surface area contributed by atoms with Crippen molar-refractivity contribution in [2.75, 3.05) is 19.7 Å². The first-order chi connectivity index (χ1) is 12.2. The molecule has 1 aliphatic heterocycles. The molecule has 1 heterocycles. The van der Waals surface area contributed by atoms with E-state index in [-0.39, 0.29) is 12.0 Å². The van der Waals surface area contributed by atoms with Crippen LogP contribution in [0.3, 0.4) is 0 Å². The monoisotopic (exact) mass is 339 g/mol. The van der Waals surface area contributed by atoms with Crippen molar-refractivity contribution in [3.05, 3.63) is 65.7 Å². The predicted octanol–water partition coefficient (Wildman–Crippen LogP) is 3.97. The van der Waals surface area contributed by atoms with Crippen LogP contribution in [0.5, 0.6) is 5.75 Å². The number of ether oxygens (including phenoxy) is 1. The minimum absolute atomic E-state index is 0.122. The van der Waals surface area contributed by atoms with Crippen molar-refractivity contribution >= 4 is 5.97 Å². The quantitative estimate of drug-likeness (QED) is 0.865. The second kappa shape index (κ2) is 8.17. The highest BCUT2D eigenvalue weighted by Crippen LogP contribution is 2.33. The van der Waals surface area contributed by atoms with Gasteiger partial charge in [-0.05, 0) is 56.1 Å². The zero-order valence-electron chi connectivity index (χ0n) is 14.6. The fraction of sp³-hybridized carbons (Fsp3) is 0.381. The van der Waals surface area contributed by atoms with Gasteiger partial charge < -0.3 is 9.84 Å². The molecule has 1 fully saturated rings. The number of rotatable bonds is 6. The summed E-state index contributed by atoms with van der Waals surface area (Å²) < 4.78 is 5.67. The Balaban J connectivity index is 1.89. The molecule has 0 aliphatic carbocycles. The lowest BCUT2D eigenvalue weighted by Gasteiger charge is -2.37. The number of nitrogens with zero attached hydrogens (tertiary/aromatic N) is 1. The molecule has 3 rings (SSSR count). The van der Waals surface area contributed by atoms with E-state index in [0.29, 0.717) is 19.4 Å². The van der Waals surface area contributed by atoms with Crippen molar-refractivity contribution < 1.29 is 14.6 Å². The van der Waals surface area contributed by atoms with Gasteiger partial charge in [0, 0.05) is 0 Å². The number of likely N-dealkylation sites (tertiary alicyclic amines) is 1. The summed E-state index contributed by atoms with van der Waals surface area (Å²) in [5.41, 5.74) is 2.41. The first-order valence-corrected chi connectivity index (χ1v) is 8.93. The molecule has 0 aromatic heterocycles. The fourth-order valence-corrected chi connectivity index (χ4v) is 3.60. The maximum absolute atomic E-state index is 11.3. The average molecular weight is 339 g/mol. The van der Waals surface area contributed by atoms with Crippen molar-refractivity contribution in [1.82, 2.24) is 4.90 Å². The van der Waals surface area contributed by atoms with E-state index in [1.54, 1.807) is 0 Å². The second-order valence-corrected chi connectivity index (χ2v) is 6.47. The molecule has 25 heavy (non-hydrogen) atoms. The number of hydrogen-bond acceptors (Lipinski definition) is 3. The van der Waals surface area contributed by atoms with Gasteiger partial charge in [-0.2, -0.15) is 0 Å². The van der Waals surface area contributed by atoms with E-state index in [4.69, 9.17) is 4.74 Å². The smallest absolute Gasteiger partial charge is 0.306 e. The van der Waals surface area contributed by atoms with Crippen molar-refractivity contribution in [3.8, 4) is 5.75 Å². The normalized spacial score (nSPS) is 17.2. The lowest BCUT2D eigenvalue weighted by atomic mass is 9.91. The van der Waals surface area contributed by atoms with Crippen LogP contribution in [-0.2, 0) is 4.79 Å². The van der Waals surface area contributed by atoms with E-state index >= 15 is 0 Å². The molecule has 1 aliphatic rings. The summed E-state index contributed by atoms with van der Waals surface area (Å²) in [5, 5.41) is 9.26. The highest BCUT2D eigenvalue weighted by Gasteiger charge is 2.30. The second-order valence-electron chi connectivity index (χ2n) is 6.47. The van der Waals surface area contributed by atoms with Gasteiger partial charge in [-0.25, -0.2) is 0 Å². The number of carbonyl (C=O) groups is 1. The Morgan fingerprint density at radius 1 is 1.12 bits per heavy atom. The van der Waals surface area contributed by atoms with Gasteiger partial charge in [-0.1, -0.05) is 42.5 Å². The Hall–Kier alpha value is -2.33. The molecule has 1 atom stereocenters. The summed E-state index contributed by atoms with van der Waals surface area (Å²) in [6.45, 7) is 4.20. The van der Waals surface area contributed by atoms with E-state index < -0.39 is 5.97 Å². The molecular weight excluding hydrogens is 314 g/mol. The van der Waals surface area contributed by atoms with Crippen molar-refractivity contribution in [3.63, 3.8) is 0 Å². The molecule has 0 amide bonds. The lowest BCUT2D eigenvalue weighted by Crippen LogP contribution is -2.39. The van der Waals surface area contributed by atoms with Gasteiger partial charge in [-0.3, -0.25) is 9.69 Å². The predicted molar refractivity (Wildman–Crippen MR) is 97.8 cm³/mol. The van der Waals surface area contributed by atoms with Crippen LogP contribution in [0, 0.1) is 5.92 Å². The maximum Gasteiger partial charge on any atom is 0.306 e. The third-order valence-corrected chi connectivity index (χ3v) is 4.84. The zero-order valence-corrected chi connectivity index (χ0v) is 14.6. The Bertz CT molecular complexity index is 693. The summed E-state index contributed by atoms with van der Waals surface area (Å²) in [6, 6.07) is 18.8. The Morgan fingerprint density at radius 2 is 1.80 bits per heavy atom. The van der Waals surface area contributed by atoms with Gasteiger partial charge in [0.2, 0.25) is 0 Å². The summed E-state index contributed by atoms with van der Waals surface area (Å²) in [7, 11) is 0. The third-order valence-electron chi connectivity index (χ3n) is 4.84. The molecular formula is C21H25NO3. The van der Waals surface area contributed by atoms with E-state index in [1.807, 2.05) is 25.1 Å². The molecule has 4 heteroatoms. The van der Waals surface area contributed by atoms with Crippen LogP contribution in [0.4, 0.5) is 0 Å². The zero-order chi connectivity index (χ0) is 17.6. The number of hydrogen-bond donors (Lipinski definition) is 1. The first kappa shape index (κ1) is 17.5. The number of carboxylic acids is 1. The highest BCUT2D eigenvalue weighted by molar-refractivity contribution is 5.70. The van der Waals surface area contributed by atoms with Crippen LogP contribution in [0.1, 0.15) is 36.9 Å². The van der Waals surface area contributed by atoms with Gasteiger partial charge in [-0.15, -0.1) is 0 Å². The molecule has 2 aromatic carbocycles. The van der Waals surface area contributed by atoms with Crippen molar-refractivity contribution in [2.45, 2.75) is 25.8 Å². The summed E-state index contributed by atoms with van der Waals surface area (Å²) in [4.78, 5) is 13.6. The van der Waals surface area contributed by atoms with Crippen LogP contribution in [-0.4, -0.2) is 35.7 Å². The number of piperidine rings is 1. The van der Waals surface area contributed by atoms with Gasteiger partial charge in [0.1, 0.15) is 5.75 Å². The van der Waals surface area contributed by atoms with E-state index in [2.05, 4.69) is 41.3 Å². The molecule has 4 nitrogen and oxygen atoms in total. The standard InChI is InChI=1S/C21H25NO3/c1-2-25-19-10-6-9-18(15-19)20(16-7-4-3-5-8-16)22-13-11-17(12-14-22)21(23)24/h3-10,15,17,20H,2,11-14H2,1H3,(H,23,24). The Morgan fingerprint density at radius 3 is 2.44 bits per heavy atom. The molecule has 1 unspecified atom stereocenters. The van der Waals surface area contributed by atoms with Gasteiger partial charge in [0.15, 0.2) is 0 Å². The molecule has 1 N–H and O–H groups in total.